The van der Waals surface area contributed by atoms with E-state index in [-0.39, 0.29) is 0 Å². The molecule has 0 saturated heterocycles. The zero-order chi connectivity index (χ0) is 15.1. The van der Waals surface area contributed by atoms with Crippen molar-refractivity contribution in [3.8, 4) is 0 Å². The molecule has 0 aromatic carbocycles. The van der Waals surface area contributed by atoms with Crippen LogP contribution in [0.5, 0.6) is 0 Å². The van der Waals surface area contributed by atoms with E-state index in [4.69, 9.17) is 0 Å². The summed E-state index contributed by atoms with van der Waals surface area (Å²) in [6, 6.07) is 0.570. The Hall–Kier alpha value is -1.10. The van der Waals surface area contributed by atoms with Crippen molar-refractivity contribution in [3.05, 3.63) is 16.1 Å². The third-order valence-electron chi connectivity index (χ3n) is 4.00. The second-order valence-corrected chi connectivity index (χ2v) is 6.83. The minimum atomic E-state index is 0.570. The van der Waals surface area contributed by atoms with Crippen LogP contribution in [-0.2, 0) is 13.0 Å². The van der Waals surface area contributed by atoms with Crippen LogP contribution in [0.3, 0.4) is 0 Å². The summed E-state index contributed by atoms with van der Waals surface area (Å²) in [6.45, 7) is 8.16. The van der Waals surface area contributed by atoms with E-state index in [2.05, 4.69) is 46.8 Å². The van der Waals surface area contributed by atoms with Crippen LogP contribution in [0, 0.1) is 5.92 Å². The summed E-state index contributed by atoms with van der Waals surface area (Å²) in [6.07, 6.45) is 6.16. The van der Waals surface area contributed by atoms with Crippen molar-refractivity contribution in [1.29, 1.82) is 0 Å². The first kappa shape index (κ1) is 16.3. The average Bonchev–Trinajstić information content (AvgIpc) is 2.95. The Kier molecular flexibility index (Phi) is 6.49. The Morgan fingerprint density at radius 2 is 2.10 bits per heavy atom. The molecule has 0 spiro atoms. The third kappa shape index (κ3) is 5.30. The zero-order valence-electron chi connectivity index (χ0n) is 13.5. The molecule has 1 fully saturated rings. The van der Waals surface area contributed by atoms with Crippen molar-refractivity contribution in [2.45, 2.75) is 65.5 Å². The van der Waals surface area contributed by atoms with Crippen LogP contribution in [0.25, 0.3) is 0 Å². The standard InChI is InChI=1S/C16H28N4S/c1-4-15-19-14(11-21-15)10-18-16(17-5-2)20-13-8-6-12(3)7-9-13/h11-13H,4-10H2,1-3H3,(H2,17,18,20). The third-order valence-corrected chi connectivity index (χ3v) is 5.04. The van der Waals surface area contributed by atoms with Gasteiger partial charge in [0.05, 0.1) is 17.2 Å². The molecule has 0 unspecified atom stereocenters. The lowest BCUT2D eigenvalue weighted by atomic mass is 9.87. The highest BCUT2D eigenvalue weighted by Gasteiger charge is 2.18. The molecule has 0 aliphatic heterocycles. The summed E-state index contributed by atoms with van der Waals surface area (Å²) in [5.41, 5.74) is 1.08. The van der Waals surface area contributed by atoms with Crippen LogP contribution in [0.15, 0.2) is 10.4 Å². The number of nitrogens with one attached hydrogen (secondary N) is 2. The molecule has 0 amide bonds. The number of thiazole rings is 1. The number of aromatic nitrogens is 1. The van der Waals surface area contributed by atoms with Crippen LogP contribution < -0.4 is 10.6 Å². The number of nitrogens with zero attached hydrogens (tertiary/aromatic N) is 2. The Balaban J connectivity index is 1.89. The summed E-state index contributed by atoms with van der Waals surface area (Å²) in [5.74, 6) is 1.81. The molecule has 4 nitrogen and oxygen atoms in total. The predicted molar refractivity (Wildman–Crippen MR) is 90.9 cm³/mol. The molecule has 0 bridgehead atoms. The van der Waals surface area contributed by atoms with E-state index in [1.807, 2.05) is 0 Å². The minimum Gasteiger partial charge on any atom is -0.357 e. The lowest BCUT2D eigenvalue weighted by Crippen LogP contribution is -2.44. The van der Waals surface area contributed by atoms with Gasteiger partial charge in [-0.15, -0.1) is 11.3 Å². The molecule has 1 aliphatic rings. The number of aryl methyl sites for hydroxylation is 1. The van der Waals surface area contributed by atoms with Gasteiger partial charge >= 0.3 is 0 Å². The average molecular weight is 308 g/mol. The molecular weight excluding hydrogens is 280 g/mol. The predicted octanol–water partition coefficient (Wildman–Crippen LogP) is 3.34. The Morgan fingerprint density at radius 1 is 1.33 bits per heavy atom. The van der Waals surface area contributed by atoms with E-state index >= 15 is 0 Å². The first-order valence-corrected chi connectivity index (χ1v) is 9.07. The molecule has 1 aromatic heterocycles. The first-order chi connectivity index (χ1) is 10.2. The number of hydrogen-bond donors (Lipinski definition) is 2. The lowest BCUT2D eigenvalue weighted by molar-refractivity contribution is 0.329. The minimum absolute atomic E-state index is 0.570. The second kappa shape index (κ2) is 8.37. The van der Waals surface area contributed by atoms with Crippen molar-refractivity contribution >= 4 is 17.3 Å². The molecule has 0 atom stereocenters. The molecule has 0 radical (unpaired) electrons. The quantitative estimate of drug-likeness (QED) is 0.648. The summed E-state index contributed by atoms with van der Waals surface area (Å²) in [7, 11) is 0. The SMILES string of the molecule is CCNC(=NCc1csc(CC)n1)NC1CCC(C)CC1. The van der Waals surface area contributed by atoms with Gasteiger partial charge in [0, 0.05) is 18.0 Å². The normalized spacial score (nSPS) is 23.1. The molecule has 2 N–H and O–H groups in total. The monoisotopic (exact) mass is 308 g/mol. The maximum Gasteiger partial charge on any atom is 0.191 e. The zero-order valence-corrected chi connectivity index (χ0v) is 14.3. The van der Waals surface area contributed by atoms with Crippen LogP contribution >= 0.6 is 11.3 Å². The van der Waals surface area contributed by atoms with E-state index in [0.29, 0.717) is 12.6 Å². The second-order valence-electron chi connectivity index (χ2n) is 5.88. The fourth-order valence-electron chi connectivity index (χ4n) is 2.66. The summed E-state index contributed by atoms with van der Waals surface area (Å²) < 4.78 is 0. The molecular formula is C16H28N4S. The highest BCUT2D eigenvalue weighted by molar-refractivity contribution is 7.09. The van der Waals surface area contributed by atoms with E-state index in [1.165, 1.54) is 30.7 Å². The van der Waals surface area contributed by atoms with Crippen molar-refractivity contribution in [3.63, 3.8) is 0 Å². The molecule has 1 saturated carbocycles. The highest BCUT2D eigenvalue weighted by Crippen LogP contribution is 2.23. The van der Waals surface area contributed by atoms with Gasteiger partial charge in [-0.25, -0.2) is 9.98 Å². The van der Waals surface area contributed by atoms with Crippen molar-refractivity contribution in [1.82, 2.24) is 15.6 Å². The van der Waals surface area contributed by atoms with Gasteiger partial charge in [-0.3, -0.25) is 0 Å². The lowest BCUT2D eigenvalue weighted by Gasteiger charge is -2.28. The molecule has 1 aromatic rings. The first-order valence-electron chi connectivity index (χ1n) is 8.19. The van der Waals surface area contributed by atoms with E-state index < -0.39 is 0 Å². The summed E-state index contributed by atoms with van der Waals surface area (Å²) in [4.78, 5) is 9.26. The van der Waals surface area contributed by atoms with Crippen LogP contribution in [0.2, 0.25) is 0 Å². The molecule has 118 valence electrons. The van der Waals surface area contributed by atoms with Gasteiger partial charge in [0.25, 0.3) is 0 Å². The van der Waals surface area contributed by atoms with Gasteiger partial charge in [0.2, 0.25) is 0 Å². The number of rotatable bonds is 5. The molecule has 1 aliphatic carbocycles. The topological polar surface area (TPSA) is 49.3 Å². The highest BCUT2D eigenvalue weighted by atomic mass is 32.1. The van der Waals surface area contributed by atoms with Crippen LogP contribution in [0.1, 0.15) is 57.2 Å². The van der Waals surface area contributed by atoms with E-state index in [9.17, 15) is 0 Å². The molecule has 2 rings (SSSR count). The van der Waals surface area contributed by atoms with Crippen LogP contribution in [0.4, 0.5) is 0 Å². The molecule has 1 heterocycles. The molecule has 21 heavy (non-hydrogen) atoms. The Morgan fingerprint density at radius 3 is 2.71 bits per heavy atom. The van der Waals surface area contributed by atoms with E-state index in [0.717, 1.165) is 30.5 Å². The fraction of sp³-hybridized carbons (Fsp3) is 0.750. The van der Waals surface area contributed by atoms with Gasteiger partial charge in [0.1, 0.15) is 0 Å². The van der Waals surface area contributed by atoms with Gasteiger partial charge < -0.3 is 10.6 Å². The van der Waals surface area contributed by atoms with Gasteiger partial charge in [-0.05, 0) is 44.9 Å². The maximum absolute atomic E-state index is 4.68. The Bertz CT molecular complexity index is 447. The van der Waals surface area contributed by atoms with Gasteiger partial charge in [0.15, 0.2) is 5.96 Å². The number of hydrogen-bond acceptors (Lipinski definition) is 3. The smallest absolute Gasteiger partial charge is 0.191 e. The van der Waals surface area contributed by atoms with Crippen molar-refractivity contribution < 1.29 is 0 Å². The van der Waals surface area contributed by atoms with Crippen LogP contribution in [-0.4, -0.2) is 23.5 Å². The van der Waals surface area contributed by atoms with Gasteiger partial charge in [-0.1, -0.05) is 13.8 Å². The maximum atomic E-state index is 4.68. The van der Waals surface area contributed by atoms with Crippen molar-refractivity contribution in [2.24, 2.45) is 10.9 Å². The largest absolute Gasteiger partial charge is 0.357 e. The summed E-state index contributed by atoms with van der Waals surface area (Å²) in [5, 5.41) is 10.2. The number of guanidine groups is 1. The fourth-order valence-corrected chi connectivity index (χ4v) is 3.40. The molecule has 5 heteroatoms. The Labute approximate surface area is 132 Å². The van der Waals surface area contributed by atoms with Gasteiger partial charge in [-0.2, -0.15) is 0 Å². The number of aliphatic imine (C=N–C) groups is 1. The van der Waals surface area contributed by atoms with Crippen molar-refractivity contribution in [2.75, 3.05) is 6.54 Å². The summed E-state index contributed by atoms with van der Waals surface area (Å²) >= 11 is 1.73. The van der Waals surface area contributed by atoms with E-state index in [1.54, 1.807) is 11.3 Å².